The van der Waals surface area contributed by atoms with Crippen LogP contribution in [0.5, 0.6) is 5.75 Å². The van der Waals surface area contributed by atoms with Crippen molar-refractivity contribution in [3.05, 3.63) is 53.6 Å². The average molecular weight is 582 g/mol. The van der Waals surface area contributed by atoms with E-state index in [9.17, 15) is 26.8 Å². The van der Waals surface area contributed by atoms with E-state index in [-0.39, 0.29) is 44.4 Å². The number of halogens is 2. The number of thiazole rings is 1. The monoisotopic (exact) mass is 581 g/mol. The molecule has 4 aromatic rings. The second kappa shape index (κ2) is 11.0. The van der Waals surface area contributed by atoms with Crippen molar-refractivity contribution in [3.8, 4) is 27.9 Å². The number of hydrogen-bond acceptors (Lipinski definition) is 11. The summed E-state index contributed by atoms with van der Waals surface area (Å²) in [4.78, 5) is 32.4. The van der Waals surface area contributed by atoms with Crippen molar-refractivity contribution in [1.29, 1.82) is 0 Å². The molecule has 0 radical (unpaired) electrons. The number of nitrogen functional groups attached to an aromatic ring is 1. The lowest BCUT2D eigenvalue weighted by Gasteiger charge is -2.09. The highest BCUT2D eigenvalue weighted by Gasteiger charge is 2.22. The van der Waals surface area contributed by atoms with E-state index in [2.05, 4.69) is 25.8 Å². The Morgan fingerprint density at radius 1 is 1.15 bits per heavy atom. The Labute approximate surface area is 221 Å². The number of amides is 3. The maximum atomic E-state index is 14.6. The zero-order chi connectivity index (χ0) is 28.3. The lowest BCUT2D eigenvalue weighted by atomic mass is 10.1. The number of hydrogen-bond donors (Lipinski definition) is 5. The summed E-state index contributed by atoms with van der Waals surface area (Å²) in [7, 11) is -3.02. The summed E-state index contributed by atoms with van der Waals surface area (Å²) in [6.45, 7) is 0. The second-order valence-corrected chi connectivity index (χ2v) is 9.96. The van der Waals surface area contributed by atoms with E-state index >= 15 is 0 Å². The molecule has 0 bridgehead atoms. The Kier molecular flexibility index (Phi) is 7.70. The summed E-state index contributed by atoms with van der Waals surface area (Å²) in [6.07, 6.45) is 0. The lowest BCUT2D eigenvalue weighted by molar-refractivity contribution is 0.102. The van der Waals surface area contributed by atoms with Crippen LogP contribution < -0.4 is 26.4 Å². The Morgan fingerprint density at radius 2 is 1.92 bits per heavy atom. The number of carbonyl (C=O) groups excluding carboxylic acids is 2. The second-order valence-electron chi connectivity index (χ2n) is 7.51. The standard InChI is InChI=1S/C21H17F2N7O7S2/c1-36-10-4-2-3-9(5-10)18(31)26-14-6-11(12(22)7-13(14)23)17-28-19(37-30-17)15-16(24)27-21(38-15)29-20(32)25-8-39(33,34)35/h2-7H,8,24H2,1H3,(H,26,31)(H,33,34,35)(H2,25,27,29,32). The van der Waals surface area contributed by atoms with Crippen molar-refractivity contribution in [2.75, 3.05) is 29.4 Å². The third-order valence-corrected chi connectivity index (χ3v) is 6.27. The number of carbonyl (C=O) groups is 2. The number of nitrogens with one attached hydrogen (secondary N) is 3. The Bertz CT molecular complexity index is 1670. The number of ether oxygens (including phenoxy) is 1. The predicted octanol–water partition coefficient (Wildman–Crippen LogP) is 2.95. The molecule has 204 valence electrons. The molecule has 2 heterocycles. The summed E-state index contributed by atoms with van der Waals surface area (Å²) < 4.78 is 69.4. The Balaban J connectivity index is 1.55. The van der Waals surface area contributed by atoms with Gasteiger partial charge in [-0.2, -0.15) is 13.4 Å². The van der Waals surface area contributed by atoms with Gasteiger partial charge in [0.1, 0.15) is 34.0 Å². The third-order valence-electron chi connectivity index (χ3n) is 4.79. The number of anilines is 3. The molecule has 0 fully saturated rings. The first kappa shape index (κ1) is 27.4. The number of rotatable bonds is 8. The predicted molar refractivity (Wildman–Crippen MR) is 135 cm³/mol. The van der Waals surface area contributed by atoms with Crippen LogP contribution in [0.15, 0.2) is 40.9 Å². The van der Waals surface area contributed by atoms with Gasteiger partial charge >= 0.3 is 6.03 Å². The van der Waals surface area contributed by atoms with Gasteiger partial charge in [0, 0.05) is 11.6 Å². The van der Waals surface area contributed by atoms with Crippen LogP contribution in [0.25, 0.3) is 22.2 Å². The number of benzene rings is 2. The fourth-order valence-corrected chi connectivity index (χ4v) is 4.15. The number of methoxy groups -OCH3 is 1. The van der Waals surface area contributed by atoms with Gasteiger partial charge in [0.2, 0.25) is 5.82 Å². The highest BCUT2D eigenvalue weighted by molar-refractivity contribution is 7.85. The van der Waals surface area contributed by atoms with Crippen LogP contribution in [0.1, 0.15) is 10.4 Å². The molecule has 0 unspecified atom stereocenters. The van der Waals surface area contributed by atoms with Crippen LogP contribution in [0, 0.1) is 11.6 Å². The zero-order valence-electron chi connectivity index (χ0n) is 19.6. The molecule has 3 amide bonds. The van der Waals surface area contributed by atoms with Crippen molar-refractivity contribution >= 4 is 50.0 Å². The van der Waals surface area contributed by atoms with Gasteiger partial charge in [-0.1, -0.05) is 22.6 Å². The molecule has 0 spiro atoms. The van der Waals surface area contributed by atoms with Crippen LogP contribution in [0.3, 0.4) is 0 Å². The SMILES string of the molecule is COc1cccc(C(=O)Nc2cc(-c3noc(-c4sc(NC(=O)NCS(=O)(=O)O)nc4N)n3)c(F)cc2F)c1. The largest absolute Gasteiger partial charge is 0.497 e. The average Bonchev–Trinajstić information content (AvgIpc) is 3.50. The smallest absolute Gasteiger partial charge is 0.321 e. The van der Waals surface area contributed by atoms with Gasteiger partial charge in [-0.15, -0.1) is 0 Å². The molecule has 2 aromatic carbocycles. The van der Waals surface area contributed by atoms with E-state index in [1.807, 2.05) is 5.32 Å². The number of urea groups is 1. The topological polar surface area (TPSA) is 212 Å². The van der Waals surface area contributed by atoms with Gasteiger partial charge in [0.05, 0.1) is 18.4 Å². The molecule has 0 saturated heterocycles. The van der Waals surface area contributed by atoms with E-state index in [0.717, 1.165) is 17.4 Å². The first-order valence-corrected chi connectivity index (χ1v) is 12.9. The van der Waals surface area contributed by atoms with Crippen LogP contribution in [-0.4, -0.2) is 53.0 Å². The van der Waals surface area contributed by atoms with Crippen LogP contribution in [0.4, 0.5) is 30.2 Å². The molecule has 4 rings (SSSR count). The van der Waals surface area contributed by atoms with Gasteiger partial charge in [-0.05, 0) is 24.3 Å². The molecule has 0 aliphatic rings. The minimum atomic E-state index is -4.44. The van der Waals surface area contributed by atoms with E-state index in [1.165, 1.54) is 19.2 Å². The summed E-state index contributed by atoms with van der Waals surface area (Å²) in [5.41, 5.74) is 5.33. The van der Waals surface area contributed by atoms with Gasteiger partial charge in [0.25, 0.3) is 21.9 Å². The van der Waals surface area contributed by atoms with Gasteiger partial charge in [0.15, 0.2) is 5.13 Å². The van der Waals surface area contributed by atoms with Gasteiger partial charge in [-0.25, -0.2) is 18.6 Å². The van der Waals surface area contributed by atoms with Gasteiger partial charge < -0.3 is 25.6 Å². The molecule has 0 saturated carbocycles. The maximum absolute atomic E-state index is 14.6. The third kappa shape index (κ3) is 6.61. The van der Waals surface area contributed by atoms with E-state index in [0.29, 0.717) is 11.8 Å². The van der Waals surface area contributed by atoms with Crippen molar-refractivity contribution in [2.24, 2.45) is 0 Å². The van der Waals surface area contributed by atoms with E-state index < -0.39 is 39.6 Å². The maximum Gasteiger partial charge on any atom is 0.321 e. The number of nitrogens with two attached hydrogens (primary N) is 1. The lowest BCUT2D eigenvalue weighted by Crippen LogP contribution is -2.33. The molecule has 0 aliphatic carbocycles. The molecule has 0 aliphatic heterocycles. The highest BCUT2D eigenvalue weighted by atomic mass is 32.2. The quantitative estimate of drug-likeness (QED) is 0.191. The summed E-state index contributed by atoms with van der Waals surface area (Å²) in [5, 5.41) is 10.0. The van der Waals surface area contributed by atoms with E-state index in [1.54, 1.807) is 12.1 Å². The minimum Gasteiger partial charge on any atom is -0.497 e. The Morgan fingerprint density at radius 3 is 2.64 bits per heavy atom. The zero-order valence-corrected chi connectivity index (χ0v) is 21.2. The fraction of sp³-hybridized carbons (Fsp3) is 0.0952. The highest BCUT2D eigenvalue weighted by Crippen LogP contribution is 2.35. The molecule has 18 heteroatoms. The van der Waals surface area contributed by atoms with Crippen molar-refractivity contribution in [1.82, 2.24) is 20.4 Å². The molecular weight excluding hydrogens is 564 g/mol. The fourth-order valence-electron chi connectivity index (χ4n) is 3.04. The molecular formula is C21H17F2N7O7S2. The molecule has 2 aromatic heterocycles. The summed E-state index contributed by atoms with van der Waals surface area (Å²) in [5.74, 6) is -4.11. The molecule has 6 N–H and O–H groups in total. The van der Waals surface area contributed by atoms with Crippen molar-refractivity contribution < 1.29 is 40.6 Å². The first-order valence-electron chi connectivity index (χ1n) is 10.5. The summed E-state index contributed by atoms with van der Waals surface area (Å²) in [6, 6.07) is 6.63. The summed E-state index contributed by atoms with van der Waals surface area (Å²) >= 11 is 0.764. The number of aromatic nitrogens is 3. The first-order chi connectivity index (χ1) is 18.4. The minimum absolute atomic E-state index is 0.0768. The molecule has 0 atom stereocenters. The Hall–Kier alpha value is -4.68. The van der Waals surface area contributed by atoms with Gasteiger partial charge in [-0.3, -0.25) is 14.7 Å². The van der Waals surface area contributed by atoms with Crippen molar-refractivity contribution in [2.45, 2.75) is 0 Å². The molecule has 14 nitrogen and oxygen atoms in total. The van der Waals surface area contributed by atoms with Crippen LogP contribution >= 0.6 is 11.3 Å². The number of nitrogens with zero attached hydrogens (tertiary/aromatic N) is 3. The molecule has 39 heavy (non-hydrogen) atoms. The van der Waals surface area contributed by atoms with Crippen LogP contribution in [0.2, 0.25) is 0 Å². The van der Waals surface area contributed by atoms with Crippen LogP contribution in [-0.2, 0) is 10.1 Å². The van der Waals surface area contributed by atoms with Crippen molar-refractivity contribution in [3.63, 3.8) is 0 Å². The normalized spacial score (nSPS) is 11.2. The van der Waals surface area contributed by atoms with E-state index in [4.69, 9.17) is 19.5 Å².